The fourth-order valence-electron chi connectivity index (χ4n) is 2.47. The van der Waals surface area contributed by atoms with Crippen LogP contribution in [0.1, 0.15) is 30.0 Å². The lowest BCUT2D eigenvalue weighted by Crippen LogP contribution is -2.24. The number of anilines is 1. The van der Waals surface area contributed by atoms with Gasteiger partial charge in [-0.1, -0.05) is 12.1 Å². The first-order valence-corrected chi connectivity index (χ1v) is 8.26. The quantitative estimate of drug-likeness (QED) is 0.782. The van der Waals surface area contributed by atoms with Crippen LogP contribution in [0.2, 0.25) is 0 Å². The molecule has 0 spiro atoms. The van der Waals surface area contributed by atoms with E-state index in [4.69, 9.17) is 0 Å². The molecule has 0 atom stereocenters. The summed E-state index contributed by atoms with van der Waals surface area (Å²) in [5.41, 5.74) is 3.53. The Labute approximate surface area is 130 Å². The van der Waals surface area contributed by atoms with Gasteiger partial charge in [0.15, 0.2) is 0 Å². The van der Waals surface area contributed by atoms with Gasteiger partial charge in [-0.3, -0.25) is 4.79 Å². The first-order chi connectivity index (χ1) is 10.1. The van der Waals surface area contributed by atoms with E-state index in [9.17, 15) is 4.79 Å². The Morgan fingerprint density at radius 1 is 1.24 bits per heavy atom. The number of ketones is 1. The molecule has 0 amide bonds. The molecule has 2 aromatic rings. The van der Waals surface area contributed by atoms with E-state index in [1.165, 1.54) is 11.3 Å². The molecule has 1 aromatic heterocycles. The van der Waals surface area contributed by atoms with Gasteiger partial charge in [0.05, 0.1) is 11.4 Å². The molecule has 1 heterocycles. The first kappa shape index (κ1) is 15.7. The Morgan fingerprint density at radius 2 is 2.00 bits per heavy atom. The van der Waals surface area contributed by atoms with Crippen molar-refractivity contribution in [2.24, 2.45) is 0 Å². The highest BCUT2D eigenvalue weighted by atomic mass is 32.1. The molecule has 21 heavy (non-hydrogen) atoms. The van der Waals surface area contributed by atoms with Crippen molar-refractivity contribution in [1.29, 1.82) is 0 Å². The summed E-state index contributed by atoms with van der Waals surface area (Å²) in [4.78, 5) is 18.8. The minimum atomic E-state index is 0.224. The Bertz CT molecular complexity index is 589. The lowest BCUT2D eigenvalue weighted by Gasteiger charge is -2.24. The minimum absolute atomic E-state index is 0.224. The van der Waals surface area contributed by atoms with Crippen molar-refractivity contribution in [3.63, 3.8) is 0 Å². The summed E-state index contributed by atoms with van der Waals surface area (Å²) in [6.45, 7) is 8.29. The zero-order chi connectivity index (χ0) is 15.2. The second kappa shape index (κ2) is 7.36. The van der Waals surface area contributed by atoms with Gasteiger partial charge in [-0.25, -0.2) is 4.98 Å². The smallest absolute Gasteiger partial charge is 0.144 e. The Hall–Kier alpha value is -1.68. The Balaban J connectivity index is 2.17. The van der Waals surface area contributed by atoms with Gasteiger partial charge in [0.1, 0.15) is 5.78 Å². The van der Waals surface area contributed by atoms with Gasteiger partial charge in [-0.15, -0.1) is 11.3 Å². The molecule has 4 heteroatoms. The Morgan fingerprint density at radius 3 is 2.62 bits per heavy atom. The van der Waals surface area contributed by atoms with E-state index >= 15 is 0 Å². The number of carbonyl (C=O) groups is 1. The van der Waals surface area contributed by atoms with Crippen LogP contribution in [-0.2, 0) is 17.6 Å². The summed E-state index contributed by atoms with van der Waals surface area (Å²) in [6, 6.07) is 6.35. The lowest BCUT2D eigenvalue weighted by atomic mass is 10.0. The molecule has 0 fully saturated rings. The standard InChI is InChI=1S/C17H22N2OS/c1-4-19(5-2)16-10-13(3)6-7-14(16)11-15(20)12-17-18-8-9-21-17/h6-10H,4-5,11-12H2,1-3H3. The predicted molar refractivity (Wildman–Crippen MR) is 89.3 cm³/mol. The maximum absolute atomic E-state index is 12.3. The summed E-state index contributed by atoms with van der Waals surface area (Å²) in [5, 5.41) is 2.81. The van der Waals surface area contributed by atoms with Gasteiger partial charge in [-0.05, 0) is 38.0 Å². The third-order valence-electron chi connectivity index (χ3n) is 3.56. The number of rotatable bonds is 7. The largest absolute Gasteiger partial charge is 0.372 e. The van der Waals surface area contributed by atoms with Crippen LogP contribution >= 0.6 is 11.3 Å². The summed E-state index contributed by atoms with van der Waals surface area (Å²) >= 11 is 1.54. The van der Waals surface area contributed by atoms with Crippen LogP contribution < -0.4 is 4.90 Å². The third kappa shape index (κ3) is 4.14. The molecule has 0 aliphatic carbocycles. The molecule has 0 saturated carbocycles. The number of thiazole rings is 1. The van der Waals surface area contributed by atoms with E-state index in [1.54, 1.807) is 17.5 Å². The van der Waals surface area contributed by atoms with Gasteiger partial charge in [-0.2, -0.15) is 0 Å². The topological polar surface area (TPSA) is 33.2 Å². The van der Waals surface area contributed by atoms with Gasteiger partial charge in [0.25, 0.3) is 0 Å². The molecular formula is C17H22N2OS. The molecule has 3 nitrogen and oxygen atoms in total. The monoisotopic (exact) mass is 302 g/mol. The zero-order valence-electron chi connectivity index (χ0n) is 12.9. The number of carbonyl (C=O) groups excluding carboxylic acids is 1. The summed E-state index contributed by atoms with van der Waals surface area (Å²) in [6.07, 6.45) is 2.66. The molecule has 0 radical (unpaired) electrons. The summed E-state index contributed by atoms with van der Waals surface area (Å²) in [5.74, 6) is 0.224. The van der Waals surface area contributed by atoms with Gasteiger partial charge < -0.3 is 4.90 Å². The maximum atomic E-state index is 12.3. The first-order valence-electron chi connectivity index (χ1n) is 7.38. The summed E-state index contributed by atoms with van der Waals surface area (Å²) < 4.78 is 0. The van der Waals surface area contributed by atoms with Gasteiger partial charge >= 0.3 is 0 Å². The van der Waals surface area contributed by atoms with E-state index in [2.05, 4.69) is 48.9 Å². The molecular weight excluding hydrogens is 280 g/mol. The van der Waals surface area contributed by atoms with Crippen molar-refractivity contribution in [2.75, 3.05) is 18.0 Å². The highest BCUT2D eigenvalue weighted by Crippen LogP contribution is 2.23. The van der Waals surface area contributed by atoms with Crippen LogP contribution in [0.4, 0.5) is 5.69 Å². The highest BCUT2D eigenvalue weighted by Gasteiger charge is 2.13. The minimum Gasteiger partial charge on any atom is -0.372 e. The van der Waals surface area contributed by atoms with E-state index < -0.39 is 0 Å². The van der Waals surface area contributed by atoms with Crippen LogP contribution in [-0.4, -0.2) is 23.9 Å². The van der Waals surface area contributed by atoms with E-state index in [0.717, 1.165) is 23.7 Å². The van der Waals surface area contributed by atoms with Gasteiger partial charge in [0.2, 0.25) is 0 Å². The molecule has 112 valence electrons. The van der Waals surface area contributed by atoms with Crippen molar-refractivity contribution in [1.82, 2.24) is 4.98 Å². The average Bonchev–Trinajstić information content (AvgIpc) is 2.96. The number of benzene rings is 1. The molecule has 1 aromatic carbocycles. The van der Waals surface area contributed by atoms with Crippen molar-refractivity contribution >= 4 is 22.8 Å². The van der Waals surface area contributed by atoms with Crippen LogP contribution in [0.5, 0.6) is 0 Å². The average molecular weight is 302 g/mol. The fraction of sp³-hybridized carbons (Fsp3) is 0.412. The highest BCUT2D eigenvalue weighted by molar-refractivity contribution is 7.09. The fourth-order valence-corrected chi connectivity index (χ4v) is 3.11. The second-order valence-electron chi connectivity index (χ2n) is 5.12. The molecule has 0 aliphatic heterocycles. The normalized spacial score (nSPS) is 10.6. The number of aryl methyl sites for hydroxylation is 1. The predicted octanol–water partition coefficient (Wildman–Crippen LogP) is 3.65. The van der Waals surface area contributed by atoms with Crippen molar-refractivity contribution < 1.29 is 4.79 Å². The van der Waals surface area contributed by atoms with Crippen molar-refractivity contribution in [3.05, 3.63) is 45.9 Å². The van der Waals surface area contributed by atoms with E-state index in [0.29, 0.717) is 12.8 Å². The third-order valence-corrected chi connectivity index (χ3v) is 4.34. The van der Waals surface area contributed by atoms with Crippen LogP contribution in [0.3, 0.4) is 0 Å². The van der Waals surface area contributed by atoms with Crippen molar-refractivity contribution in [3.8, 4) is 0 Å². The molecule has 2 rings (SSSR count). The summed E-state index contributed by atoms with van der Waals surface area (Å²) in [7, 11) is 0. The zero-order valence-corrected chi connectivity index (χ0v) is 13.7. The molecule has 0 unspecified atom stereocenters. The molecule has 0 aliphatic rings. The van der Waals surface area contributed by atoms with E-state index in [-0.39, 0.29) is 5.78 Å². The maximum Gasteiger partial charge on any atom is 0.144 e. The molecule has 0 bridgehead atoms. The molecule has 0 saturated heterocycles. The number of hydrogen-bond acceptors (Lipinski definition) is 4. The second-order valence-corrected chi connectivity index (χ2v) is 6.10. The number of Topliss-reactive ketones (excluding diaryl/α,β-unsaturated/α-hetero) is 1. The van der Waals surface area contributed by atoms with Crippen LogP contribution in [0, 0.1) is 6.92 Å². The van der Waals surface area contributed by atoms with E-state index in [1.807, 2.05) is 5.38 Å². The number of nitrogens with zero attached hydrogens (tertiary/aromatic N) is 2. The van der Waals surface area contributed by atoms with Gasteiger partial charge in [0, 0.05) is 36.8 Å². The van der Waals surface area contributed by atoms with Crippen LogP contribution in [0.25, 0.3) is 0 Å². The molecule has 0 N–H and O–H groups in total. The number of hydrogen-bond donors (Lipinski definition) is 0. The SMILES string of the molecule is CCN(CC)c1cc(C)ccc1CC(=O)Cc1nccs1. The van der Waals surface area contributed by atoms with Crippen molar-refractivity contribution in [2.45, 2.75) is 33.6 Å². The Kier molecular flexibility index (Phi) is 5.51. The lowest BCUT2D eigenvalue weighted by molar-refractivity contribution is -0.117. The van der Waals surface area contributed by atoms with Crippen LogP contribution in [0.15, 0.2) is 29.8 Å². The number of aromatic nitrogens is 1.